The Morgan fingerprint density at radius 2 is 1.51 bits per heavy atom. The van der Waals surface area contributed by atoms with E-state index in [9.17, 15) is 14.4 Å². The molecule has 0 aliphatic heterocycles. The van der Waals surface area contributed by atoms with E-state index in [2.05, 4.69) is 10.6 Å². The van der Waals surface area contributed by atoms with Crippen molar-refractivity contribution < 1.29 is 28.6 Å². The number of benzene rings is 2. The summed E-state index contributed by atoms with van der Waals surface area (Å²) < 4.78 is 15.8. The lowest BCUT2D eigenvalue weighted by atomic mass is 10.0. The number of hydrogen-bond acceptors (Lipinski definition) is 6. The molecule has 35 heavy (non-hydrogen) atoms. The van der Waals surface area contributed by atoms with Gasteiger partial charge in [0.1, 0.15) is 11.6 Å². The molecule has 2 atom stereocenters. The zero-order chi connectivity index (χ0) is 25.6. The molecule has 1 aliphatic rings. The molecule has 0 spiro atoms. The van der Waals surface area contributed by atoms with Crippen LogP contribution in [0.5, 0.6) is 0 Å². The maximum atomic E-state index is 12.8. The summed E-state index contributed by atoms with van der Waals surface area (Å²) in [6, 6.07) is 13.4. The Morgan fingerprint density at radius 1 is 0.943 bits per heavy atom. The van der Waals surface area contributed by atoms with Crippen molar-refractivity contribution in [3.05, 3.63) is 59.7 Å². The first-order chi connectivity index (χ1) is 16.6. The largest absolute Gasteiger partial charge is 0.467 e. The first-order valence-corrected chi connectivity index (χ1v) is 11.7. The van der Waals surface area contributed by atoms with Crippen LogP contribution >= 0.6 is 0 Å². The van der Waals surface area contributed by atoms with Crippen molar-refractivity contribution in [2.24, 2.45) is 0 Å². The van der Waals surface area contributed by atoms with Crippen molar-refractivity contribution in [2.45, 2.75) is 70.9 Å². The molecule has 188 valence electrons. The standard InChI is InChI=1S/C27H34N2O6/c1-17(28-26(32)35-27(2,3)4)23(25(31)33-5)29-24(30)21-12-10-20(11-13-21)19-8-6-18(7-9-19)16-34-22-14-15-22/h6-13,17,22-23H,14-16H2,1-5H3,(H,28,32)(H,29,30)/t17-,23+/m1/s1. The van der Waals surface area contributed by atoms with Crippen molar-refractivity contribution in [3.63, 3.8) is 0 Å². The van der Waals surface area contributed by atoms with E-state index < -0.39 is 35.7 Å². The Kier molecular flexibility index (Phi) is 8.51. The van der Waals surface area contributed by atoms with E-state index in [0.29, 0.717) is 18.3 Å². The molecule has 8 heteroatoms. The summed E-state index contributed by atoms with van der Waals surface area (Å²) in [6.07, 6.45) is 2.03. The van der Waals surface area contributed by atoms with E-state index in [1.54, 1.807) is 39.8 Å². The highest BCUT2D eigenvalue weighted by Crippen LogP contribution is 2.26. The number of rotatable bonds is 9. The molecule has 8 nitrogen and oxygen atoms in total. The van der Waals surface area contributed by atoms with Crippen LogP contribution in [-0.2, 0) is 25.6 Å². The fourth-order valence-electron chi connectivity index (χ4n) is 3.37. The number of carbonyl (C=O) groups excluding carboxylic acids is 3. The van der Waals surface area contributed by atoms with Gasteiger partial charge in [0.15, 0.2) is 0 Å². The molecule has 3 rings (SSSR count). The van der Waals surface area contributed by atoms with Crippen molar-refractivity contribution in [3.8, 4) is 11.1 Å². The van der Waals surface area contributed by atoms with Crippen LogP contribution in [0.3, 0.4) is 0 Å². The summed E-state index contributed by atoms with van der Waals surface area (Å²) in [5.41, 5.74) is 2.79. The molecule has 0 unspecified atom stereocenters. The topological polar surface area (TPSA) is 103 Å². The molecule has 1 aliphatic carbocycles. The average Bonchev–Trinajstić information content (AvgIpc) is 3.64. The summed E-state index contributed by atoms with van der Waals surface area (Å²) in [5.74, 6) is -1.14. The van der Waals surface area contributed by atoms with Crippen LogP contribution in [0.1, 0.15) is 56.5 Å². The van der Waals surface area contributed by atoms with Gasteiger partial charge < -0.3 is 24.8 Å². The Balaban J connectivity index is 1.62. The Morgan fingerprint density at radius 3 is 2.03 bits per heavy atom. The summed E-state index contributed by atoms with van der Waals surface area (Å²) in [6.45, 7) is 7.41. The lowest BCUT2D eigenvalue weighted by Crippen LogP contribution is -2.55. The summed E-state index contributed by atoms with van der Waals surface area (Å²) in [5, 5.41) is 5.23. The first kappa shape index (κ1) is 26.2. The van der Waals surface area contributed by atoms with Crippen LogP contribution in [0, 0.1) is 0 Å². The SMILES string of the molecule is COC(=O)[C@@H](NC(=O)c1ccc(-c2ccc(COC3CC3)cc2)cc1)[C@@H](C)NC(=O)OC(C)(C)C. The molecule has 2 amide bonds. The Labute approximate surface area is 206 Å². The number of alkyl carbamates (subject to hydrolysis) is 1. The minimum absolute atomic E-state index is 0.376. The van der Waals surface area contributed by atoms with Gasteiger partial charge in [0.25, 0.3) is 5.91 Å². The molecule has 1 fully saturated rings. The molecule has 2 aromatic carbocycles. The van der Waals surface area contributed by atoms with Crippen molar-refractivity contribution in [1.29, 1.82) is 0 Å². The van der Waals surface area contributed by atoms with Crippen molar-refractivity contribution in [2.75, 3.05) is 7.11 Å². The third kappa shape index (κ3) is 8.10. The fraction of sp³-hybridized carbons (Fsp3) is 0.444. The van der Waals surface area contributed by atoms with E-state index in [1.165, 1.54) is 7.11 Å². The lowest BCUT2D eigenvalue weighted by Gasteiger charge is -2.26. The van der Waals surface area contributed by atoms with Crippen LogP contribution in [0.25, 0.3) is 11.1 Å². The molecule has 0 saturated heterocycles. The summed E-state index contributed by atoms with van der Waals surface area (Å²) in [7, 11) is 1.22. The van der Waals surface area contributed by atoms with Gasteiger partial charge in [-0.05, 0) is 69.4 Å². The first-order valence-electron chi connectivity index (χ1n) is 11.7. The number of carbonyl (C=O) groups is 3. The second-order valence-electron chi connectivity index (χ2n) is 9.69. The van der Waals surface area contributed by atoms with E-state index in [0.717, 1.165) is 29.5 Å². The number of ether oxygens (including phenoxy) is 3. The minimum Gasteiger partial charge on any atom is -0.467 e. The number of esters is 1. The van der Waals surface area contributed by atoms with Gasteiger partial charge in [0.2, 0.25) is 0 Å². The number of nitrogens with one attached hydrogen (secondary N) is 2. The Hall–Kier alpha value is -3.39. The molecule has 0 aromatic heterocycles. The van der Waals surface area contributed by atoms with Gasteiger partial charge >= 0.3 is 12.1 Å². The van der Waals surface area contributed by atoms with Crippen LogP contribution < -0.4 is 10.6 Å². The predicted octanol–water partition coefficient (Wildman–Crippen LogP) is 4.22. The van der Waals surface area contributed by atoms with Crippen LogP contribution in [0.2, 0.25) is 0 Å². The second-order valence-corrected chi connectivity index (χ2v) is 9.69. The van der Waals surface area contributed by atoms with Gasteiger partial charge in [-0.25, -0.2) is 9.59 Å². The van der Waals surface area contributed by atoms with Crippen molar-refractivity contribution in [1.82, 2.24) is 10.6 Å². The highest BCUT2D eigenvalue weighted by Gasteiger charge is 2.30. The normalized spacial score (nSPS) is 15.0. The second kappa shape index (κ2) is 11.4. The molecular formula is C27H34N2O6. The maximum absolute atomic E-state index is 12.8. The summed E-state index contributed by atoms with van der Waals surface area (Å²) in [4.78, 5) is 37.2. The van der Waals surface area contributed by atoms with E-state index in [4.69, 9.17) is 14.2 Å². The zero-order valence-corrected chi connectivity index (χ0v) is 20.9. The van der Waals surface area contributed by atoms with Crippen molar-refractivity contribution >= 4 is 18.0 Å². The third-order valence-corrected chi connectivity index (χ3v) is 5.43. The molecule has 0 radical (unpaired) electrons. The van der Waals surface area contributed by atoms with Gasteiger partial charge in [0, 0.05) is 5.56 Å². The molecule has 0 bridgehead atoms. The average molecular weight is 483 g/mol. The van der Waals surface area contributed by atoms with Gasteiger partial charge in [-0.1, -0.05) is 36.4 Å². The quantitative estimate of drug-likeness (QED) is 0.519. The Bertz CT molecular complexity index is 1020. The van der Waals surface area contributed by atoms with Gasteiger partial charge in [-0.15, -0.1) is 0 Å². The summed E-state index contributed by atoms with van der Waals surface area (Å²) >= 11 is 0. The monoisotopic (exact) mass is 482 g/mol. The third-order valence-electron chi connectivity index (χ3n) is 5.43. The van der Waals surface area contributed by atoms with E-state index in [1.807, 2.05) is 36.4 Å². The number of methoxy groups -OCH3 is 1. The predicted molar refractivity (Wildman–Crippen MR) is 132 cm³/mol. The molecule has 2 N–H and O–H groups in total. The number of amides is 2. The fourth-order valence-corrected chi connectivity index (χ4v) is 3.37. The van der Waals surface area contributed by atoms with Gasteiger partial charge in [-0.2, -0.15) is 0 Å². The molecular weight excluding hydrogens is 448 g/mol. The highest BCUT2D eigenvalue weighted by atomic mass is 16.6. The maximum Gasteiger partial charge on any atom is 0.407 e. The smallest absolute Gasteiger partial charge is 0.407 e. The van der Waals surface area contributed by atoms with Gasteiger partial charge in [0.05, 0.1) is 25.9 Å². The highest BCUT2D eigenvalue weighted by molar-refractivity contribution is 5.97. The van der Waals surface area contributed by atoms with Crippen LogP contribution in [0.4, 0.5) is 4.79 Å². The van der Waals surface area contributed by atoms with E-state index >= 15 is 0 Å². The lowest BCUT2D eigenvalue weighted by molar-refractivity contribution is -0.143. The molecule has 2 aromatic rings. The zero-order valence-electron chi connectivity index (χ0n) is 20.9. The minimum atomic E-state index is -1.09. The number of hydrogen-bond donors (Lipinski definition) is 2. The van der Waals surface area contributed by atoms with Crippen LogP contribution in [-0.4, -0.2) is 48.9 Å². The van der Waals surface area contributed by atoms with Crippen LogP contribution in [0.15, 0.2) is 48.5 Å². The van der Waals surface area contributed by atoms with Gasteiger partial charge in [-0.3, -0.25) is 4.79 Å². The molecule has 1 saturated carbocycles. The molecule has 0 heterocycles. The van der Waals surface area contributed by atoms with E-state index in [-0.39, 0.29) is 0 Å².